The van der Waals surface area contributed by atoms with Crippen molar-refractivity contribution < 1.29 is 0 Å². The maximum Gasteiger partial charge on any atom is 0.0772 e. The van der Waals surface area contributed by atoms with Gasteiger partial charge in [0.25, 0.3) is 0 Å². The van der Waals surface area contributed by atoms with Crippen molar-refractivity contribution in [2.45, 2.75) is 6.04 Å². The Labute approximate surface area is 83.3 Å². The minimum Gasteiger partial charge on any atom is -0.343 e. The van der Waals surface area contributed by atoms with Crippen molar-refractivity contribution in [2.24, 2.45) is 0 Å². The number of benzene rings is 1. The number of nitrogens with zero attached hydrogens (tertiary/aromatic N) is 1. The van der Waals surface area contributed by atoms with Crippen LogP contribution >= 0.6 is 0 Å². The van der Waals surface area contributed by atoms with Crippen LogP contribution in [0, 0.1) is 0 Å². The molecule has 0 bridgehead atoms. The maximum atomic E-state index is 2.24. The van der Waals surface area contributed by atoms with Crippen molar-refractivity contribution in [2.75, 3.05) is 0 Å². The van der Waals surface area contributed by atoms with Gasteiger partial charge in [0.2, 0.25) is 0 Å². The zero-order valence-corrected chi connectivity index (χ0v) is 7.80. The molecule has 1 atom stereocenters. The first kappa shape index (κ1) is 7.63. The van der Waals surface area contributed by atoms with Crippen LogP contribution in [0.5, 0.6) is 0 Å². The second-order valence-electron chi connectivity index (χ2n) is 3.56. The summed E-state index contributed by atoms with van der Waals surface area (Å²) >= 11 is 0. The van der Waals surface area contributed by atoms with Crippen molar-refractivity contribution >= 4 is 6.08 Å². The molecule has 1 unspecified atom stereocenters. The van der Waals surface area contributed by atoms with Crippen molar-refractivity contribution in [3.63, 3.8) is 0 Å². The van der Waals surface area contributed by atoms with Gasteiger partial charge in [0.15, 0.2) is 0 Å². The highest BCUT2D eigenvalue weighted by Crippen LogP contribution is 2.30. The second-order valence-corrected chi connectivity index (χ2v) is 3.56. The molecule has 1 nitrogen and oxygen atoms in total. The first-order chi connectivity index (χ1) is 6.95. The van der Waals surface area contributed by atoms with E-state index in [4.69, 9.17) is 0 Å². The molecule has 0 radical (unpaired) electrons. The summed E-state index contributed by atoms with van der Waals surface area (Å²) in [5.41, 5.74) is 2.73. The predicted molar refractivity (Wildman–Crippen MR) is 58.0 cm³/mol. The maximum absolute atomic E-state index is 2.24. The predicted octanol–water partition coefficient (Wildman–Crippen LogP) is 3.10. The summed E-state index contributed by atoms with van der Waals surface area (Å²) in [4.78, 5) is 0. The highest BCUT2D eigenvalue weighted by Gasteiger charge is 2.16. The largest absolute Gasteiger partial charge is 0.343 e. The molecule has 1 aromatic carbocycles. The van der Waals surface area contributed by atoms with Gasteiger partial charge in [-0.05, 0) is 23.3 Å². The lowest BCUT2D eigenvalue weighted by Crippen LogP contribution is -2.03. The van der Waals surface area contributed by atoms with Crippen molar-refractivity contribution in [3.8, 4) is 0 Å². The average molecular weight is 181 g/mol. The lowest BCUT2D eigenvalue weighted by atomic mass is 10.1. The van der Waals surface area contributed by atoms with E-state index in [1.807, 2.05) is 0 Å². The van der Waals surface area contributed by atoms with Gasteiger partial charge in [-0.15, -0.1) is 0 Å². The summed E-state index contributed by atoms with van der Waals surface area (Å²) in [6.07, 6.45) is 8.65. The quantitative estimate of drug-likeness (QED) is 0.637. The summed E-state index contributed by atoms with van der Waals surface area (Å²) in [6.45, 7) is 0. The van der Waals surface area contributed by atoms with Crippen LogP contribution in [0.3, 0.4) is 0 Å². The lowest BCUT2D eigenvalue weighted by molar-refractivity contribution is 0.715. The Morgan fingerprint density at radius 1 is 0.929 bits per heavy atom. The molecule has 0 fully saturated rings. The molecule has 0 N–H and O–H groups in total. The summed E-state index contributed by atoms with van der Waals surface area (Å²) in [5, 5.41) is 0. The SMILES string of the molecule is C1=CC(n2cccc2)c2ccccc21. The van der Waals surface area contributed by atoms with E-state index >= 15 is 0 Å². The number of rotatable bonds is 1. The Kier molecular flexibility index (Phi) is 1.57. The average Bonchev–Trinajstić information content (AvgIpc) is 2.85. The molecule has 0 spiro atoms. The van der Waals surface area contributed by atoms with E-state index < -0.39 is 0 Å². The van der Waals surface area contributed by atoms with Gasteiger partial charge in [0, 0.05) is 12.4 Å². The Hall–Kier alpha value is -1.76. The molecule has 1 aliphatic rings. The Morgan fingerprint density at radius 3 is 2.57 bits per heavy atom. The van der Waals surface area contributed by atoms with E-state index in [2.05, 4.69) is 65.5 Å². The molecule has 1 heteroatoms. The van der Waals surface area contributed by atoms with Crippen molar-refractivity contribution in [3.05, 3.63) is 66.0 Å². The van der Waals surface area contributed by atoms with E-state index in [0.29, 0.717) is 6.04 Å². The third kappa shape index (κ3) is 1.02. The fourth-order valence-corrected chi connectivity index (χ4v) is 2.02. The van der Waals surface area contributed by atoms with Crippen LogP contribution in [0.4, 0.5) is 0 Å². The smallest absolute Gasteiger partial charge is 0.0772 e. The molecule has 1 heterocycles. The van der Waals surface area contributed by atoms with Crippen LogP contribution in [0.15, 0.2) is 54.9 Å². The zero-order valence-electron chi connectivity index (χ0n) is 7.80. The Balaban J connectivity index is 2.11. The molecule has 0 saturated heterocycles. The van der Waals surface area contributed by atoms with Crippen molar-refractivity contribution in [1.29, 1.82) is 0 Å². The number of fused-ring (bicyclic) bond motifs is 1. The molecule has 2 aromatic rings. The molecule has 14 heavy (non-hydrogen) atoms. The van der Waals surface area contributed by atoms with Crippen LogP contribution in [-0.2, 0) is 0 Å². The van der Waals surface area contributed by atoms with Gasteiger partial charge in [0.1, 0.15) is 0 Å². The minimum absolute atomic E-state index is 0.390. The number of allylic oxidation sites excluding steroid dienone is 1. The lowest BCUT2D eigenvalue weighted by Gasteiger charge is -2.12. The molecule has 0 saturated carbocycles. The van der Waals surface area contributed by atoms with Gasteiger partial charge in [-0.25, -0.2) is 0 Å². The fourth-order valence-electron chi connectivity index (χ4n) is 2.02. The van der Waals surface area contributed by atoms with E-state index in [9.17, 15) is 0 Å². The third-order valence-electron chi connectivity index (χ3n) is 2.72. The highest BCUT2D eigenvalue weighted by atomic mass is 15.0. The van der Waals surface area contributed by atoms with E-state index in [1.54, 1.807) is 0 Å². The number of hydrogen-bond acceptors (Lipinski definition) is 0. The molecule has 3 rings (SSSR count). The van der Waals surface area contributed by atoms with Gasteiger partial charge >= 0.3 is 0 Å². The minimum atomic E-state index is 0.390. The van der Waals surface area contributed by atoms with Crippen LogP contribution in [0.1, 0.15) is 17.2 Å². The number of aromatic nitrogens is 1. The van der Waals surface area contributed by atoms with E-state index in [0.717, 1.165) is 0 Å². The van der Waals surface area contributed by atoms with Gasteiger partial charge < -0.3 is 4.57 Å². The van der Waals surface area contributed by atoms with Crippen LogP contribution < -0.4 is 0 Å². The Morgan fingerprint density at radius 2 is 1.71 bits per heavy atom. The van der Waals surface area contributed by atoms with Crippen LogP contribution in [0.25, 0.3) is 6.08 Å². The molecule has 0 aliphatic heterocycles. The summed E-state index contributed by atoms with van der Waals surface area (Å²) in [5.74, 6) is 0. The molecule has 68 valence electrons. The summed E-state index contributed by atoms with van der Waals surface area (Å²) < 4.78 is 2.22. The highest BCUT2D eigenvalue weighted by molar-refractivity contribution is 5.62. The fraction of sp³-hybridized carbons (Fsp3) is 0.0769. The van der Waals surface area contributed by atoms with E-state index in [-0.39, 0.29) is 0 Å². The first-order valence-electron chi connectivity index (χ1n) is 4.85. The molecular formula is C13H11N. The van der Waals surface area contributed by atoms with Crippen LogP contribution in [0.2, 0.25) is 0 Å². The summed E-state index contributed by atoms with van der Waals surface area (Å²) in [7, 11) is 0. The van der Waals surface area contributed by atoms with Crippen molar-refractivity contribution in [1.82, 2.24) is 4.57 Å². The standard InChI is InChI=1S/C13H11N/c1-2-6-12-11(5-1)7-8-13(12)14-9-3-4-10-14/h1-10,13H. The van der Waals surface area contributed by atoms with Gasteiger partial charge in [-0.2, -0.15) is 0 Å². The third-order valence-corrected chi connectivity index (χ3v) is 2.72. The van der Waals surface area contributed by atoms with Gasteiger partial charge in [0.05, 0.1) is 6.04 Å². The monoisotopic (exact) mass is 181 g/mol. The molecular weight excluding hydrogens is 170 g/mol. The van der Waals surface area contributed by atoms with E-state index in [1.165, 1.54) is 11.1 Å². The summed E-state index contributed by atoms with van der Waals surface area (Å²) in [6, 6.07) is 13.1. The molecule has 0 amide bonds. The zero-order chi connectivity index (χ0) is 9.38. The first-order valence-corrected chi connectivity index (χ1v) is 4.85. The number of hydrogen-bond donors (Lipinski definition) is 0. The van der Waals surface area contributed by atoms with Gasteiger partial charge in [-0.1, -0.05) is 36.4 Å². The second kappa shape index (κ2) is 2.88. The normalized spacial score (nSPS) is 18.4. The molecule has 1 aromatic heterocycles. The van der Waals surface area contributed by atoms with Gasteiger partial charge in [-0.3, -0.25) is 0 Å². The Bertz CT molecular complexity index is 466. The topological polar surface area (TPSA) is 4.93 Å². The molecule has 1 aliphatic carbocycles. The van der Waals surface area contributed by atoms with Crippen LogP contribution in [-0.4, -0.2) is 4.57 Å².